The number of aryl methyl sites for hydroxylation is 1. The third-order valence-corrected chi connectivity index (χ3v) is 5.04. The highest BCUT2D eigenvalue weighted by Crippen LogP contribution is 2.24. The molecule has 0 aromatic heterocycles. The molecule has 2 aromatic rings. The van der Waals surface area contributed by atoms with Gasteiger partial charge in [-0.1, -0.05) is 30.3 Å². The maximum atomic E-state index is 12.3. The van der Waals surface area contributed by atoms with Crippen molar-refractivity contribution in [2.45, 2.75) is 37.1 Å². The third-order valence-electron chi connectivity index (χ3n) is 3.43. The van der Waals surface area contributed by atoms with Gasteiger partial charge in [-0.15, -0.1) is 13.2 Å². The SMILES string of the molecule is C[C@@H](CCc1ccccc1)NS(=O)(=O)c1ccc(OC(F)(F)F)cc1. The number of halogens is 3. The minimum Gasteiger partial charge on any atom is -0.406 e. The molecule has 2 aromatic carbocycles. The molecule has 0 fully saturated rings. The van der Waals surface area contributed by atoms with Crippen molar-refractivity contribution in [1.29, 1.82) is 0 Å². The van der Waals surface area contributed by atoms with Gasteiger partial charge in [0.1, 0.15) is 5.75 Å². The molecule has 2 rings (SSSR count). The molecule has 25 heavy (non-hydrogen) atoms. The van der Waals surface area contributed by atoms with Crippen molar-refractivity contribution in [2.24, 2.45) is 0 Å². The van der Waals surface area contributed by atoms with Crippen LogP contribution in [0.2, 0.25) is 0 Å². The molecule has 1 N–H and O–H groups in total. The van der Waals surface area contributed by atoms with Gasteiger partial charge in [-0.3, -0.25) is 0 Å². The second-order valence-electron chi connectivity index (χ2n) is 5.57. The zero-order valence-corrected chi connectivity index (χ0v) is 14.3. The van der Waals surface area contributed by atoms with E-state index in [4.69, 9.17) is 0 Å². The molecule has 0 aliphatic carbocycles. The lowest BCUT2D eigenvalue weighted by Crippen LogP contribution is -2.32. The second kappa shape index (κ2) is 7.88. The molecule has 0 aliphatic heterocycles. The van der Waals surface area contributed by atoms with E-state index in [-0.39, 0.29) is 10.9 Å². The molecule has 0 aliphatic rings. The number of ether oxygens (including phenoxy) is 1. The summed E-state index contributed by atoms with van der Waals surface area (Å²) in [5, 5.41) is 0. The van der Waals surface area contributed by atoms with Crippen LogP contribution < -0.4 is 9.46 Å². The molecule has 136 valence electrons. The Morgan fingerprint density at radius 3 is 2.20 bits per heavy atom. The molecule has 0 bridgehead atoms. The summed E-state index contributed by atoms with van der Waals surface area (Å²) in [6.07, 6.45) is -3.51. The van der Waals surface area contributed by atoms with E-state index in [9.17, 15) is 21.6 Å². The fourth-order valence-electron chi connectivity index (χ4n) is 2.24. The maximum Gasteiger partial charge on any atom is 0.573 e. The number of benzene rings is 2. The Labute approximate surface area is 144 Å². The fraction of sp³-hybridized carbons (Fsp3) is 0.294. The van der Waals surface area contributed by atoms with Gasteiger partial charge in [0.15, 0.2) is 0 Å². The van der Waals surface area contributed by atoms with Crippen LogP contribution in [0.15, 0.2) is 59.5 Å². The number of sulfonamides is 1. The van der Waals surface area contributed by atoms with E-state index in [1.165, 1.54) is 0 Å². The molecule has 0 saturated heterocycles. The van der Waals surface area contributed by atoms with Gasteiger partial charge in [-0.2, -0.15) is 0 Å². The van der Waals surface area contributed by atoms with Gasteiger partial charge in [0.2, 0.25) is 10.0 Å². The molecule has 0 heterocycles. The van der Waals surface area contributed by atoms with E-state index in [1.54, 1.807) is 6.92 Å². The molecular formula is C17H18F3NO3S. The zero-order chi connectivity index (χ0) is 18.5. The topological polar surface area (TPSA) is 55.4 Å². The van der Waals surface area contributed by atoms with Crippen molar-refractivity contribution in [2.75, 3.05) is 0 Å². The van der Waals surface area contributed by atoms with Gasteiger partial charge < -0.3 is 4.74 Å². The first-order valence-electron chi connectivity index (χ1n) is 7.58. The lowest BCUT2D eigenvalue weighted by Gasteiger charge is -2.15. The van der Waals surface area contributed by atoms with Crippen LogP contribution in [0.5, 0.6) is 5.75 Å². The Morgan fingerprint density at radius 2 is 1.64 bits per heavy atom. The summed E-state index contributed by atoms with van der Waals surface area (Å²) in [4.78, 5) is -0.117. The first-order valence-corrected chi connectivity index (χ1v) is 9.06. The van der Waals surface area contributed by atoms with Crippen LogP contribution in [-0.2, 0) is 16.4 Å². The van der Waals surface area contributed by atoms with Crippen molar-refractivity contribution in [3.8, 4) is 5.75 Å². The van der Waals surface area contributed by atoms with Gasteiger partial charge in [0.05, 0.1) is 4.90 Å². The van der Waals surface area contributed by atoms with Crippen LogP contribution in [0.1, 0.15) is 18.9 Å². The molecule has 0 radical (unpaired) electrons. The lowest BCUT2D eigenvalue weighted by atomic mass is 10.1. The van der Waals surface area contributed by atoms with Crippen LogP contribution in [0.3, 0.4) is 0 Å². The monoisotopic (exact) mass is 373 g/mol. The zero-order valence-electron chi connectivity index (χ0n) is 13.5. The van der Waals surface area contributed by atoms with Crippen molar-refractivity contribution < 1.29 is 26.3 Å². The summed E-state index contributed by atoms with van der Waals surface area (Å²) in [7, 11) is -3.81. The number of hydrogen-bond acceptors (Lipinski definition) is 3. The standard InChI is InChI=1S/C17H18F3NO3S/c1-13(7-8-14-5-3-2-4-6-14)21-25(22,23)16-11-9-15(10-12-16)24-17(18,19)20/h2-6,9-13,21H,7-8H2,1H3/t13-/m0/s1. The molecule has 1 atom stereocenters. The van der Waals surface area contributed by atoms with E-state index < -0.39 is 22.1 Å². The smallest absolute Gasteiger partial charge is 0.406 e. The van der Waals surface area contributed by atoms with Crippen molar-refractivity contribution in [3.63, 3.8) is 0 Å². The molecule has 4 nitrogen and oxygen atoms in total. The second-order valence-corrected chi connectivity index (χ2v) is 7.28. The summed E-state index contributed by atoms with van der Waals surface area (Å²) >= 11 is 0. The van der Waals surface area contributed by atoms with E-state index >= 15 is 0 Å². The quantitative estimate of drug-likeness (QED) is 0.801. The van der Waals surface area contributed by atoms with Crippen LogP contribution in [0.4, 0.5) is 13.2 Å². The van der Waals surface area contributed by atoms with E-state index in [0.29, 0.717) is 12.8 Å². The predicted octanol–water partition coefficient (Wildman–Crippen LogP) is 3.88. The van der Waals surface area contributed by atoms with E-state index in [0.717, 1.165) is 29.8 Å². The third kappa shape index (κ3) is 6.39. The molecular weight excluding hydrogens is 355 g/mol. The van der Waals surface area contributed by atoms with Crippen LogP contribution in [0.25, 0.3) is 0 Å². The van der Waals surface area contributed by atoms with Crippen molar-refractivity contribution >= 4 is 10.0 Å². The van der Waals surface area contributed by atoms with Crippen molar-refractivity contribution in [1.82, 2.24) is 4.72 Å². The van der Waals surface area contributed by atoms with Gasteiger partial charge in [0.25, 0.3) is 0 Å². The maximum absolute atomic E-state index is 12.3. The summed E-state index contributed by atoms with van der Waals surface area (Å²) in [5.74, 6) is -0.469. The summed E-state index contributed by atoms with van der Waals surface area (Å²) in [5.41, 5.74) is 1.10. The minimum atomic E-state index is -4.81. The predicted molar refractivity (Wildman–Crippen MR) is 87.7 cm³/mol. The highest BCUT2D eigenvalue weighted by Gasteiger charge is 2.31. The normalized spacial score (nSPS) is 13.4. The first kappa shape index (κ1) is 19.3. The Bertz CT molecular complexity index is 775. The molecule has 8 heteroatoms. The van der Waals surface area contributed by atoms with Crippen LogP contribution in [-0.4, -0.2) is 20.8 Å². The van der Waals surface area contributed by atoms with Gasteiger partial charge >= 0.3 is 6.36 Å². The summed E-state index contributed by atoms with van der Waals surface area (Å²) in [6, 6.07) is 13.4. The number of nitrogens with one attached hydrogen (secondary N) is 1. The van der Waals surface area contributed by atoms with Gasteiger partial charge in [0, 0.05) is 6.04 Å². The Hall–Kier alpha value is -2.06. The summed E-state index contributed by atoms with van der Waals surface area (Å²) < 4.78 is 67.2. The van der Waals surface area contributed by atoms with Crippen LogP contribution in [0, 0.1) is 0 Å². The van der Waals surface area contributed by atoms with E-state index in [1.807, 2.05) is 30.3 Å². The first-order chi connectivity index (χ1) is 11.7. The summed E-state index contributed by atoms with van der Waals surface area (Å²) in [6.45, 7) is 1.74. The largest absolute Gasteiger partial charge is 0.573 e. The van der Waals surface area contributed by atoms with E-state index in [2.05, 4.69) is 9.46 Å². The Kier molecular flexibility index (Phi) is 6.07. The van der Waals surface area contributed by atoms with Gasteiger partial charge in [-0.25, -0.2) is 13.1 Å². The number of alkyl halides is 3. The molecule has 0 unspecified atom stereocenters. The lowest BCUT2D eigenvalue weighted by molar-refractivity contribution is -0.274. The highest BCUT2D eigenvalue weighted by atomic mass is 32.2. The molecule has 0 spiro atoms. The molecule has 0 saturated carbocycles. The Morgan fingerprint density at radius 1 is 1.04 bits per heavy atom. The Balaban J connectivity index is 1.96. The van der Waals surface area contributed by atoms with Crippen LogP contribution >= 0.6 is 0 Å². The van der Waals surface area contributed by atoms with Crippen molar-refractivity contribution in [3.05, 3.63) is 60.2 Å². The number of hydrogen-bond donors (Lipinski definition) is 1. The highest BCUT2D eigenvalue weighted by molar-refractivity contribution is 7.89. The molecule has 0 amide bonds. The average Bonchev–Trinajstić information content (AvgIpc) is 2.52. The minimum absolute atomic E-state index is 0.117. The fourth-order valence-corrected chi connectivity index (χ4v) is 3.52. The van der Waals surface area contributed by atoms with Gasteiger partial charge in [-0.05, 0) is 49.6 Å². The number of rotatable bonds is 7. The average molecular weight is 373 g/mol.